The third-order valence-corrected chi connectivity index (χ3v) is 11.3. The molecule has 5 nitrogen and oxygen atoms in total. The van der Waals surface area contributed by atoms with Crippen LogP contribution >= 0.6 is 0 Å². The number of rotatable bonds is 5. The maximum Gasteiger partial charge on any atom is 0.317 e. The van der Waals surface area contributed by atoms with Crippen molar-refractivity contribution in [2.75, 3.05) is 6.54 Å². The lowest BCUT2D eigenvalue weighted by Crippen LogP contribution is -2.57. The summed E-state index contributed by atoms with van der Waals surface area (Å²) in [5.41, 5.74) is 2.87. The first-order valence-corrected chi connectivity index (χ1v) is 15.4. The predicted molar refractivity (Wildman–Crippen MR) is 161 cm³/mol. The average Bonchev–Trinajstić information content (AvgIpc) is 3.18. The maximum atomic E-state index is 13.6. The zero-order valence-corrected chi connectivity index (χ0v) is 24.6. The maximum absolute atomic E-state index is 13.6. The molecule has 2 amide bonds. The van der Waals surface area contributed by atoms with Gasteiger partial charge in [-0.3, -0.25) is 0 Å². The second-order valence-electron chi connectivity index (χ2n) is 13.9. The third-order valence-electron chi connectivity index (χ3n) is 11.3. The first-order chi connectivity index (χ1) is 19.0. The van der Waals surface area contributed by atoms with Crippen molar-refractivity contribution in [2.45, 2.75) is 96.9 Å². The van der Waals surface area contributed by atoms with Crippen LogP contribution in [-0.2, 0) is 6.54 Å². The lowest BCUT2D eigenvalue weighted by atomic mass is 9.50. The number of carbonyl (C=O) groups is 1. The minimum absolute atomic E-state index is 0.0163. The van der Waals surface area contributed by atoms with Crippen LogP contribution in [0.4, 0.5) is 4.79 Å². The highest BCUT2D eigenvalue weighted by Crippen LogP contribution is 2.66. The number of aliphatic hydroxyl groups excluding tert-OH is 1. The van der Waals surface area contributed by atoms with Gasteiger partial charge in [-0.25, -0.2) is 4.79 Å². The second-order valence-corrected chi connectivity index (χ2v) is 13.9. The first kappa shape index (κ1) is 27.5. The Morgan fingerprint density at radius 3 is 2.55 bits per heavy atom. The van der Waals surface area contributed by atoms with Gasteiger partial charge in [-0.1, -0.05) is 79.6 Å². The standard InChI is InChI=1S/C35H46N2O3/c1-23(2)36-32(39)37(21-25-10-7-9-24-8-5-6-11-28(24)25)22-35(40)19-16-31-29-13-12-26-20-27(38)14-17-33(26,3)30(29)15-18-34(31,35)4/h5-13,23,27,30-31,38,40H,14-22H2,1-4H3,(H,36,39). The Kier molecular flexibility index (Phi) is 6.90. The lowest BCUT2D eigenvalue weighted by Gasteiger charge is -2.56. The van der Waals surface area contributed by atoms with Crippen molar-refractivity contribution in [2.24, 2.45) is 22.7 Å². The summed E-state index contributed by atoms with van der Waals surface area (Å²) < 4.78 is 0. The summed E-state index contributed by atoms with van der Waals surface area (Å²) in [6.45, 7) is 9.45. The average molecular weight is 543 g/mol. The highest BCUT2D eigenvalue weighted by atomic mass is 16.3. The van der Waals surface area contributed by atoms with Crippen molar-refractivity contribution in [3.8, 4) is 0 Å². The first-order valence-electron chi connectivity index (χ1n) is 15.4. The fourth-order valence-corrected chi connectivity index (χ4v) is 8.84. The summed E-state index contributed by atoms with van der Waals surface area (Å²) in [7, 11) is 0. The van der Waals surface area contributed by atoms with Crippen molar-refractivity contribution in [1.29, 1.82) is 0 Å². The Labute approximate surface area is 239 Å². The zero-order valence-electron chi connectivity index (χ0n) is 24.6. The quantitative estimate of drug-likeness (QED) is 0.392. The van der Waals surface area contributed by atoms with Crippen molar-refractivity contribution in [1.82, 2.24) is 10.2 Å². The molecule has 3 saturated carbocycles. The molecule has 4 aliphatic rings. The number of fused-ring (bicyclic) bond motifs is 6. The normalized spacial score (nSPS) is 34.9. The van der Waals surface area contributed by atoms with Crippen LogP contribution < -0.4 is 5.32 Å². The van der Waals surface area contributed by atoms with Crippen molar-refractivity contribution < 1.29 is 15.0 Å². The molecule has 40 heavy (non-hydrogen) atoms. The summed E-state index contributed by atoms with van der Waals surface area (Å²) in [6, 6.07) is 14.5. The Hall–Kier alpha value is -2.63. The number of carbonyl (C=O) groups excluding carboxylic acids is 1. The van der Waals surface area contributed by atoms with Crippen molar-refractivity contribution >= 4 is 16.8 Å². The van der Waals surface area contributed by atoms with Crippen LogP contribution in [0.1, 0.15) is 78.2 Å². The minimum Gasteiger partial charge on any atom is -0.393 e. The number of nitrogens with one attached hydrogen (secondary N) is 1. The van der Waals surface area contributed by atoms with Crippen LogP contribution in [0.5, 0.6) is 0 Å². The molecule has 3 fully saturated rings. The van der Waals surface area contributed by atoms with E-state index in [0.29, 0.717) is 31.3 Å². The van der Waals surface area contributed by atoms with Gasteiger partial charge in [0.05, 0.1) is 18.2 Å². The molecule has 0 saturated heterocycles. The summed E-state index contributed by atoms with van der Waals surface area (Å²) in [6.07, 6.45) is 10.8. The molecule has 0 bridgehead atoms. The lowest BCUT2D eigenvalue weighted by molar-refractivity contribution is -0.0972. The molecule has 0 heterocycles. The van der Waals surface area contributed by atoms with Crippen molar-refractivity contribution in [3.63, 3.8) is 0 Å². The molecule has 6 atom stereocenters. The Morgan fingerprint density at radius 1 is 1.00 bits per heavy atom. The van der Waals surface area contributed by atoms with Crippen LogP contribution in [-0.4, -0.2) is 45.4 Å². The molecular weight excluding hydrogens is 496 g/mol. The molecular formula is C35H46N2O3. The molecule has 2 aromatic carbocycles. The predicted octanol–water partition coefficient (Wildman–Crippen LogP) is 6.73. The van der Waals surface area contributed by atoms with Crippen molar-refractivity contribution in [3.05, 3.63) is 71.3 Å². The number of nitrogens with zero attached hydrogens (tertiary/aromatic N) is 1. The van der Waals surface area contributed by atoms with E-state index in [0.717, 1.165) is 54.9 Å². The van der Waals surface area contributed by atoms with E-state index in [-0.39, 0.29) is 29.0 Å². The fraction of sp³-hybridized carbons (Fsp3) is 0.571. The summed E-state index contributed by atoms with van der Waals surface area (Å²) >= 11 is 0. The van der Waals surface area contributed by atoms with Crippen LogP contribution in [0.15, 0.2) is 65.8 Å². The number of hydrogen-bond donors (Lipinski definition) is 3. The van der Waals surface area contributed by atoms with Crippen LogP contribution in [0, 0.1) is 22.7 Å². The SMILES string of the molecule is CC(C)NC(=O)N(Cc1cccc2ccccc12)CC1(O)CCC2C3=CC=C4CC(O)CCC4(C)C3CCC21C. The van der Waals surface area contributed by atoms with E-state index in [1.54, 1.807) is 0 Å². The molecule has 0 aromatic heterocycles. The highest BCUT2D eigenvalue weighted by Gasteiger charge is 2.62. The van der Waals surface area contributed by atoms with Gasteiger partial charge < -0.3 is 20.4 Å². The number of allylic oxidation sites excluding steroid dienone is 3. The van der Waals surface area contributed by atoms with E-state index < -0.39 is 5.60 Å². The van der Waals surface area contributed by atoms with Gasteiger partial charge >= 0.3 is 6.03 Å². The van der Waals surface area contributed by atoms with Crippen LogP contribution in [0.25, 0.3) is 10.8 Å². The third kappa shape index (κ3) is 4.41. The molecule has 4 aliphatic carbocycles. The van der Waals surface area contributed by atoms with Gasteiger partial charge in [-0.05, 0) is 92.4 Å². The highest BCUT2D eigenvalue weighted by molar-refractivity contribution is 5.86. The summed E-state index contributed by atoms with van der Waals surface area (Å²) in [5.74, 6) is 0.793. The van der Waals surface area contributed by atoms with Gasteiger partial charge in [0.25, 0.3) is 0 Å². The molecule has 6 unspecified atom stereocenters. The Morgan fingerprint density at radius 2 is 1.75 bits per heavy atom. The van der Waals surface area contributed by atoms with Gasteiger partial charge in [-0.15, -0.1) is 0 Å². The molecule has 6 rings (SSSR count). The molecule has 0 spiro atoms. The second kappa shape index (κ2) is 10.0. The van der Waals surface area contributed by atoms with Crippen LogP contribution in [0.2, 0.25) is 0 Å². The largest absolute Gasteiger partial charge is 0.393 e. The van der Waals surface area contributed by atoms with E-state index >= 15 is 0 Å². The molecule has 0 aliphatic heterocycles. The zero-order chi connectivity index (χ0) is 28.3. The number of urea groups is 1. The fourth-order valence-electron chi connectivity index (χ4n) is 8.84. The Balaban J connectivity index is 1.30. The van der Waals surface area contributed by atoms with E-state index in [2.05, 4.69) is 61.6 Å². The van der Waals surface area contributed by atoms with E-state index in [1.807, 2.05) is 30.9 Å². The molecule has 5 heteroatoms. The van der Waals surface area contributed by atoms with E-state index in [4.69, 9.17) is 0 Å². The van der Waals surface area contributed by atoms with Gasteiger partial charge in [0.2, 0.25) is 0 Å². The molecule has 3 N–H and O–H groups in total. The monoisotopic (exact) mass is 542 g/mol. The number of benzene rings is 2. The topological polar surface area (TPSA) is 72.8 Å². The molecule has 214 valence electrons. The van der Waals surface area contributed by atoms with Gasteiger partial charge in [-0.2, -0.15) is 0 Å². The molecule has 0 radical (unpaired) electrons. The van der Waals surface area contributed by atoms with Gasteiger partial charge in [0, 0.05) is 18.0 Å². The van der Waals surface area contributed by atoms with Gasteiger partial charge in [0.15, 0.2) is 0 Å². The smallest absolute Gasteiger partial charge is 0.317 e. The van der Waals surface area contributed by atoms with E-state index in [9.17, 15) is 15.0 Å². The molecule has 2 aromatic rings. The van der Waals surface area contributed by atoms with Gasteiger partial charge in [0.1, 0.15) is 0 Å². The van der Waals surface area contributed by atoms with Crippen LogP contribution in [0.3, 0.4) is 0 Å². The summed E-state index contributed by atoms with van der Waals surface area (Å²) in [4.78, 5) is 15.5. The number of amides is 2. The number of hydrogen-bond acceptors (Lipinski definition) is 3. The number of aliphatic hydroxyl groups is 2. The minimum atomic E-state index is -0.962. The Bertz CT molecular complexity index is 1360. The summed E-state index contributed by atoms with van der Waals surface area (Å²) in [5, 5.41) is 28.3. The van der Waals surface area contributed by atoms with E-state index in [1.165, 1.54) is 11.1 Å².